The van der Waals surface area contributed by atoms with Crippen LogP contribution in [-0.2, 0) is 0 Å². The molecule has 0 bridgehead atoms. The van der Waals surface area contributed by atoms with E-state index >= 15 is 0 Å². The Morgan fingerprint density at radius 2 is 1.79 bits per heavy atom. The van der Waals surface area contributed by atoms with Gasteiger partial charge in [0.2, 0.25) is 0 Å². The molecule has 14 heavy (non-hydrogen) atoms. The highest BCUT2D eigenvalue weighted by molar-refractivity contribution is 5.62. The maximum atomic E-state index is 13.3. The van der Waals surface area contributed by atoms with Crippen LogP contribution in [0.1, 0.15) is 0 Å². The van der Waals surface area contributed by atoms with E-state index < -0.39 is 11.6 Å². The molecule has 72 valence electrons. The second-order valence-corrected chi connectivity index (χ2v) is 2.84. The lowest BCUT2D eigenvalue weighted by Crippen LogP contribution is -1.93. The van der Waals surface area contributed by atoms with E-state index in [2.05, 4.69) is 0 Å². The summed E-state index contributed by atoms with van der Waals surface area (Å²) in [5, 5.41) is 0. The predicted octanol–water partition coefficient (Wildman–Crippen LogP) is 2.81. The molecule has 1 aromatic carbocycles. The third kappa shape index (κ3) is 1.35. The second kappa shape index (κ2) is 3.14. The van der Waals surface area contributed by atoms with Gasteiger partial charge in [0.25, 0.3) is 0 Å². The zero-order valence-corrected chi connectivity index (χ0v) is 7.13. The van der Waals surface area contributed by atoms with E-state index in [-0.39, 0.29) is 17.0 Å². The Morgan fingerprint density at radius 1 is 1.14 bits per heavy atom. The van der Waals surface area contributed by atoms with Crippen LogP contribution in [-0.4, -0.2) is 0 Å². The van der Waals surface area contributed by atoms with Crippen LogP contribution < -0.4 is 5.73 Å². The van der Waals surface area contributed by atoms with Gasteiger partial charge in [-0.2, -0.15) is 0 Å². The summed E-state index contributed by atoms with van der Waals surface area (Å²) in [5.41, 5.74) is 5.13. The van der Waals surface area contributed by atoms with E-state index in [0.29, 0.717) is 0 Å². The predicted molar refractivity (Wildman–Crippen MR) is 48.5 cm³/mol. The van der Waals surface area contributed by atoms with Crippen LogP contribution >= 0.6 is 0 Å². The standard InChI is InChI=1S/C10H7F2NO/c11-7-4-6(13)5-8(12)10(7)9-2-1-3-14-9/h1-5H,13H2. The normalized spacial score (nSPS) is 10.4. The monoisotopic (exact) mass is 195 g/mol. The molecule has 2 nitrogen and oxygen atoms in total. The second-order valence-electron chi connectivity index (χ2n) is 2.84. The first-order valence-electron chi connectivity index (χ1n) is 3.97. The molecule has 0 spiro atoms. The van der Waals surface area contributed by atoms with Crippen molar-refractivity contribution < 1.29 is 13.2 Å². The summed E-state index contributed by atoms with van der Waals surface area (Å²) < 4.78 is 31.5. The van der Waals surface area contributed by atoms with Crippen LogP contribution in [0.25, 0.3) is 11.3 Å². The zero-order chi connectivity index (χ0) is 10.1. The van der Waals surface area contributed by atoms with Gasteiger partial charge in [-0.15, -0.1) is 0 Å². The Kier molecular flexibility index (Phi) is 1.96. The van der Waals surface area contributed by atoms with Crippen LogP contribution in [0.5, 0.6) is 0 Å². The third-order valence-corrected chi connectivity index (χ3v) is 1.83. The summed E-state index contributed by atoms with van der Waals surface area (Å²) >= 11 is 0. The van der Waals surface area contributed by atoms with Crippen LogP contribution in [0.15, 0.2) is 34.9 Å². The van der Waals surface area contributed by atoms with Crippen molar-refractivity contribution >= 4 is 5.69 Å². The minimum Gasteiger partial charge on any atom is -0.464 e. The number of rotatable bonds is 1. The van der Waals surface area contributed by atoms with Crippen molar-refractivity contribution in [3.8, 4) is 11.3 Å². The Bertz CT molecular complexity index is 428. The van der Waals surface area contributed by atoms with Crippen molar-refractivity contribution in [3.63, 3.8) is 0 Å². The molecule has 1 heterocycles. The molecule has 0 atom stereocenters. The highest BCUT2D eigenvalue weighted by Gasteiger charge is 2.14. The molecule has 2 N–H and O–H groups in total. The Hall–Kier alpha value is -1.84. The molecule has 0 saturated carbocycles. The molecular weight excluding hydrogens is 188 g/mol. The summed E-state index contributed by atoms with van der Waals surface area (Å²) in [4.78, 5) is 0. The summed E-state index contributed by atoms with van der Waals surface area (Å²) in [6.07, 6.45) is 1.35. The fraction of sp³-hybridized carbons (Fsp3) is 0. The number of anilines is 1. The fourth-order valence-corrected chi connectivity index (χ4v) is 1.25. The number of furan rings is 1. The number of hydrogen-bond acceptors (Lipinski definition) is 2. The van der Waals surface area contributed by atoms with E-state index in [1.807, 2.05) is 0 Å². The van der Waals surface area contributed by atoms with Crippen molar-refractivity contribution in [1.29, 1.82) is 0 Å². The number of hydrogen-bond donors (Lipinski definition) is 1. The molecule has 4 heteroatoms. The summed E-state index contributed by atoms with van der Waals surface area (Å²) in [5.74, 6) is -1.30. The smallest absolute Gasteiger partial charge is 0.139 e. The molecule has 0 aliphatic rings. The average Bonchev–Trinajstić information content (AvgIpc) is 2.54. The van der Waals surface area contributed by atoms with Gasteiger partial charge in [0.1, 0.15) is 17.4 Å². The van der Waals surface area contributed by atoms with Crippen molar-refractivity contribution in [3.05, 3.63) is 42.2 Å². The topological polar surface area (TPSA) is 39.2 Å². The summed E-state index contributed by atoms with van der Waals surface area (Å²) in [6, 6.07) is 5.16. The molecule has 0 aliphatic heterocycles. The fourth-order valence-electron chi connectivity index (χ4n) is 1.25. The van der Waals surface area contributed by atoms with Crippen molar-refractivity contribution in [1.82, 2.24) is 0 Å². The molecule has 0 unspecified atom stereocenters. The van der Waals surface area contributed by atoms with Gasteiger partial charge in [0, 0.05) is 5.69 Å². The maximum Gasteiger partial charge on any atom is 0.139 e. The molecule has 1 aromatic heterocycles. The van der Waals surface area contributed by atoms with E-state index in [0.717, 1.165) is 12.1 Å². The lowest BCUT2D eigenvalue weighted by molar-refractivity contribution is 0.549. The van der Waals surface area contributed by atoms with E-state index in [9.17, 15) is 8.78 Å². The van der Waals surface area contributed by atoms with E-state index in [1.54, 1.807) is 6.07 Å². The molecule has 0 saturated heterocycles. The number of nitrogen functional groups attached to an aromatic ring is 1. The first-order valence-corrected chi connectivity index (χ1v) is 3.97. The van der Waals surface area contributed by atoms with Gasteiger partial charge in [-0.25, -0.2) is 8.78 Å². The highest BCUT2D eigenvalue weighted by Crippen LogP contribution is 2.27. The largest absolute Gasteiger partial charge is 0.464 e. The van der Waals surface area contributed by atoms with Crippen LogP contribution in [0, 0.1) is 11.6 Å². The van der Waals surface area contributed by atoms with Gasteiger partial charge in [0.15, 0.2) is 0 Å². The van der Waals surface area contributed by atoms with Gasteiger partial charge in [-0.3, -0.25) is 0 Å². The van der Waals surface area contributed by atoms with Gasteiger partial charge in [0.05, 0.1) is 11.8 Å². The Balaban J connectivity index is 2.64. The van der Waals surface area contributed by atoms with E-state index in [1.165, 1.54) is 12.3 Å². The molecule has 0 amide bonds. The van der Waals surface area contributed by atoms with Gasteiger partial charge < -0.3 is 10.2 Å². The lowest BCUT2D eigenvalue weighted by Gasteiger charge is -2.02. The van der Waals surface area contributed by atoms with Gasteiger partial charge in [-0.1, -0.05) is 0 Å². The molecule has 2 aromatic rings. The van der Waals surface area contributed by atoms with Crippen molar-refractivity contribution in [2.24, 2.45) is 0 Å². The Labute approximate surface area is 79.0 Å². The first kappa shape index (κ1) is 8.74. The highest BCUT2D eigenvalue weighted by atomic mass is 19.1. The zero-order valence-electron chi connectivity index (χ0n) is 7.13. The quantitative estimate of drug-likeness (QED) is 0.710. The first-order chi connectivity index (χ1) is 6.68. The van der Waals surface area contributed by atoms with Crippen molar-refractivity contribution in [2.75, 3.05) is 5.73 Å². The van der Waals surface area contributed by atoms with Crippen LogP contribution in [0.2, 0.25) is 0 Å². The van der Waals surface area contributed by atoms with Gasteiger partial charge in [-0.05, 0) is 24.3 Å². The van der Waals surface area contributed by atoms with Crippen LogP contribution in [0.3, 0.4) is 0 Å². The molecule has 0 aliphatic carbocycles. The number of nitrogens with two attached hydrogens (primary N) is 1. The SMILES string of the molecule is Nc1cc(F)c(-c2ccco2)c(F)c1. The van der Waals surface area contributed by atoms with E-state index in [4.69, 9.17) is 10.2 Å². The number of halogens is 2. The number of benzene rings is 1. The molecular formula is C10H7F2NO. The molecule has 2 rings (SSSR count). The summed E-state index contributed by atoms with van der Waals surface area (Å²) in [7, 11) is 0. The molecule has 0 fully saturated rings. The van der Waals surface area contributed by atoms with Gasteiger partial charge >= 0.3 is 0 Å². The van der Waals surface area contributed by atoms with Crippen LogP contribution in [0.4, 0.5) is 14.5 Å². The average molecular weight is 195 g/mol. The maximum absolute atomic E-state index is 13.3. The summed E-state index contributed by atoms with van der Waals surface area (Å²) in [6.45, 7) is 0. The Morgan fingerprint density at radius 3 is 2.29 bits per heavy atom. The minimum absolute atomic E-state index is 0.0512. The third-order valence-electron chi connectivity index (χ3n) is 1.83. The minimum atomic E-state index is -0.725. The molecule has 0 radical (unpaired) electrons. The lowest BCUT2D eigenvalue weighted by atomic mass is 10.1. The van der Waals surface area contributed by atoms with Crippen molar-refractivity contribution in [2.45, 2.75) is 0 Å².